The minimum Gasteiger partial charge on any atom is -0.466 e. The molecule has 1 heterocycles. The number of esters is 2. The topological polar surface area (TPSA) is 108 Å². The smallest absolute Gasteiger partial charge is 0.336 e. The average Bonchev–Trinajstić information content (AvgIpc) is 2.86. The predicted octanol–water partition coefficient (Wildman–Crippen LogP) is 6.47. The number of ether oxygens (including phenoxy) is 2. The SMILES string of the molecule is CCCCCCCCCCCCOC(=O)C1=C(C)NC(C)=C(C(=O)OC)C1c1cccc([N+](=O)[O-])c1. The standard InChI is InChI=1S/C28H40N2O6/c1-5-6-7-8-9-10-11-12-13-14-18-36-28(32)25-21(3)29-20(2)24(27(31)35-4)26(25)22-16-15-17-23(19-22)30(33)34/h15-17,19,26,29H,5-14,18H2,1-4H3. The maximum Gasteiger partial charge on any atom is 0.336 e. The van der Waals surface area contributed by atoms with Gasteiger partial charge in [-0.15, -0.1) is 0 Å². The summed E-state index contributed by atoms with van der Waals surface area (Å²) < 4.78 is 10.6. The fraction of sp³-hybridized carbons (Fsp3) is 0.571. The van der Waals surface area contributed by atoms with Gasteiger partial charge in [-0.25, -0.2) is 9.59 Å². The number of allylic oxidation sites excluding steroid dienone is 2. The average molecular weight is 501 g/mol. The maximum absolute atomic E-state index is 13.2. The van der Waals surface area contributed by atoms with E-state index >= 15 is 0 Å². The Morgan fingerprint density at radius 1 is 0.917 bits per heavy atom. The summed E-state index contributed by atoms with van der Waals surface area (Å²) in [5.74, 6) is -1.98. The monoisotopic (exact) mass is 500 g/mol. The number of unbranched alkanes of at least 4 members (excludes halogenated alkanes) is 9. The van der Waals surface area contributed by atoms with Crippen molar-refractivity contribution < 1.29 is 24.0 Å². The second kappa shape index (κ2) is 15.1. The second-order valence-corrected chi connectivity index (χ2v) is 9.30. The van der Waals surface area contributed by atoms with Crippen LogP contribution in [0.3, 0.4) is 0 Å². The minimum atomic E-state index is -0.834. The van der Waals surface area contributed by atoms with Crippen molar-refractivity contribution in [2.45, 2.75) is 90.9 Å². The van der Waals surface area contributed by atoms with Crippen LogP contribution in [0.1, 0.15) is 96.5 Å². The van der Waals surface area contributed by atoms with Crippen molar-refractivity contribution in [2.75, 3.05) is 13.7 Å². The Labute approximate surface area is 214 Å². The van der Waals surface area contributed by atoms with E-state index in [4.69, 9.17) is 9.47 Å². The number of nitrogens with zero attached hydrogens (tertiary/aromatic N) is 1. The fourth-order valence-corrected chi connectivity index (χ4v) is 4.63. The van der Waals surface area contributed by atoms with Gasteiger partial charge >= 0.3 is 11.9 Å². The first-order valence-corrected chi connectivity index (χ1v) is 13.0. The van der Waals surface area contributed by atoms with Gasteiger partial charge in [-0.05, 0) is 25.8 Å². The van der Waals surface area contributed by atoms with Crippen LogP contribution < -0.4 is 5.32 Å². The predicted molar refractivity (Wildman–Crippen MR) is 139 cm³/mol. The molecule has 0 saturated heterocycles. The molecule has 1 aromatic carbocycles. The van der Waals surface area contributed by atoms with Crippen LogP contribution in [-0.4, -0.2) is 30.6 Å². The van der Waals surface area contributed by atoms with Crippen molar-refractivity contribution in [1.29, 1.82) is 0 Å². The molecular weight excluding hydrogens is 460 g/mol. The lowest BCUT2D eigenvalue weighted by molar-refractivity contribution is -0.384. The number of carbonyl (C=O) groups excluding carboxylic acids is 2. The Bertz CT molecular complexity index is 982. The highest BCUT2D eigenvalue weighted by atomic mass is 16.6. The van der Waals surface area contributed by atoms with Crippen LogP contribution in [0, 0.1) is 10.1 Å². The lowest BCUT2D eigenvalue weighted by Crippen LogP contribution is -2.32. The summed E-state index contributed by atoms with van der Waals surface area (Å²) in [5, 5.41) is 14.4. The van der Waals surface area contributed by atoms with Crippen LogP contribution in [-0.2, 0) is 19.1 Å². The van der Waals surface area contributed by atoms with Crippen molar-refractivity contribution in [1.82, 2.24) is 5.32 Å². The number of nitro benzene ring substituents is 1. The number of dihydropyridines is 1. The molecule has 1 unspecified atom stereocenters. The van der Waals surface area contributed by atoms with Crippen LogP contribution in [0.4, 0.5) is 5.69 Å². The molecule has 0 aromatic heterocycles. The van der Waals surface area contributed by atoms with Gasteiger partial charge in [-0.1, -0.05) is 76.8 Å². The van der Waals surface area contributed by atoms with E-state index in [9.17, 15) is 19.7 Å². The molecule has 8 nitrogen and oxygen atoms in total. The number of hydrogen-bond acceptors (Lipinski definition) is 7. The van der Waals surface area contributed by atoms with Crippen molar-refractivity contribution in [3.8, 4) is 0 Å². The van der Waals surface area contributed by atoms with E-state index in [0.717, 1.165) is 19.3 Å². The van der Waals surface area contributed by atoms with Crippen LogP contribution >= 0.6 is 0 Å². The molecule has 8 heteroatoms. The van der Waals surface area contributed by atoms with Crippen molar-refractivity contribution in [3.05, 3.63) is 62.5 Å². The zero-order chi connectivity index (χ0) is 26.5. The molecule has 0 bridgehead atoms. The number of benzene rings is 1. The van der Waals surface area contributed by atoms with E-state index in [0.29, 0.717) is 17.0 Å². The third-order valence-electron chi connectivity index (χ3n) is 6.53. The van der Waals surface area contributed by atoms with E-state index in [1.807, 2.05) is 0 Å². The van der Waals surface area contributed by atoms with Gasteiger partial charge in [-0.2, -0.15) is 0 Å². The summed E-state index contributed by atoms with van der Waals surface area (Å²) in [6, 6.07) is 5.97. The first-order chi connectivity index (χ1) is 17.3. The molecule has 0 amide bonds. The van der Waals surface area contributed by atoms with Gasteiger partial charge in [0, 0.05) is 23.5 Å². The third kappa shape index (κ3) is 8.21. The molecule has 1 aromatic rings. The Kier molecular flexibility index (Phi) is 12.2. The van der Waals surface area contributed by atoms with Gasteiger partial charge in [0.1, 0.15) is 0 Å². The molecule has 0 saturated carbocycles. The van der Waals surface area contributed by atoms with Gasteiger partial charge in [0.05, 0.1) is 35.7 Å². The van der Waals surface area contributed by atoms with Gasteiger partial charge in [0.25, 0.3) is 5.69 Å². The molecule has 0 spiro atoms. The summed E-state index contributed by atoms with van der Waals surface area (Å²) in [4.78, 5) is 36.8. The molecule has 0 aliphatic carbocycles. The normalized spacial score (nSPS) is 15.5. The molecule has 1 N–H and O–H groups in total. The molecule has 0 fully saturated rings. The highest BCUT2D eigenvalue weighted by Gasteiger charge is 2.38. The summed E-state index contributed by atoms with van der Waals surface area (Å²) in [6.07, 6.45) is 11.8. The molecule has 2 rings (SSSR count). The van der Waals surface area contributed by atoms with Crippen molar-refractivity contribution >= 4 is 17.6 Å². The number of methoxy groups -OCH3 is 1. The third-order valence-corrected chi connectivity index (χ3v) is 6.53. The first kappa shape index (κ1) is 29.1. The molecule has 1 atom stereocenters. The summed E-state index contributed by atoms with van der Waals surface area (Å²) in [6.45, 7) is 5.95. The minimum absolute atomic E-state index is 0.122. The van der Waals surface area contributed by atoms with Crippen LogP contribution in [0.25, 0.3) is 0 Å². The van der Waals surface area contributed by atoms with Crippen LogP contribution in [0.2, 0.25) is 0 Å². The Hall–Kier alpha value is -3.16. The number of nitrogens with one attached hydrogen (secondary N) is 1. The highest BCUT2D eigenvalue weighted by molar-refractivity contribution is 5.99. The summed E-state index contributed by atoms with van der Waals surface area (Å²) in [7, 11) is 1.27. The van der Waals surface area contributed by atoms with E-state index in [2.05, 4.69) is 12.2 Å². The molecular formula is C28H40N2O6. The maximum atomic E-state index is 13.2. The van der Waals surface area contributed by atoms with Crippen LogP contribution in [0.15, 0.2) is 46.8 Å². The number of carbonyl (C=O) groups is 2. The largest absolute Gasteiger partial charge is 0.466 e. The highest BCUT2D eigenvalue weighted by Crippen LogP contribution is 2.40. The number of rotatable bonds is 15. The van der Waals surface area contributed by atoms with E-state index in [1.54, 1.807) is 26.0 Å². The Morgan fingerprint density at radius 2 is 1.47 bits per heavy atom. The van der Waals surface area contributed by atoms with Gasteiger partial charge in [0.2, 0.25) is 0 Å². The summed E-state index contributed by atoms with van der Waals surface area (Å²) in [5.41, 5.74) is 1.90. The van der Waals surface area contributed by atoms with Crippen LogP contribution in [0.5, 0.6) is 0 Å². The van der Waals surface area contributed by atoms with Gasteiger partial charge in [-0.3, -0.25) is 10.1 Å². The summed E-state index contributed by atoms with van der Waals surface area (Å²) >= 11 is 0. The molecule has 198 valence electrons. The van der Waals surface area contributed by atoms with E-state index < -0.39 is 22.8 Å². The number of nitro groups is 1. The first-order valence-electron chi connectivity index (χ1n) is 13.0. The number of hydrogen-bond donors (Lipinski definition) is 1. The molecule has 1 aliphatic rings. The van der Waals surface area contributed by atoms with Crippen molar-refractivity contribution in [3.63, 3.8) is 0 Å². The van der Waals surface area contributed by atoms with Crippen molar-refractivity contribution in [2.24, 2.45) is 0 Å². The lowest BCUT2D eigenvalue weighted by atomic mass is 9.80. The zero-order valence-corrected chi connectivity index (χ0v) is 22.1. The van der Waals surface area contributed by atoms with E-state index in [-0.39, 0.29) is 23.4 Å². The van der Waals surface area contributed by atoms with Gasteiger partial charge in [0.15, 0.2) is 0 Å². The fourth-order valence-electron chi connectivity index (χ4n) is 4.63. The molecule has 36 heavy (non-hydrogen) atoms. The zero-order valence-electron chi connectivity index (χ0n) is 22.1. The quantitative estimate of drug-likeness (QED) is 0.127. The van der Waals surface area contributed by atoms with Gasteiger partial charge < -0.3 is 14.8 Å². The number of non-ortho nitro benzene ring substituents is 1. The lowest BCUT2D eigenvalue weighted by Gasteiger charge is -2.30. The Morgan fingerprint density at radius 3 is 2.03 bits per heavy atom. The second-order valence-electron chi connectivity index (χ2n) is 9.30. The Balaban J connectivity index is 2.05. The van der Waals surface area contributed by atoms with E-state index in [1.165, 1.54) is 64.2 Å². The molecule has 1 aliphatic heterocycles. The molecule has 0 radical (unpaired) electrons.